The van der Waals surface area contributed by atoms with E-state index in [1.54, 1.807) is 4.90 Å². The lowest BCUT2D eigenvalue weighted by atomic mass is 9.85. The van der Waals surface area contributed by atoms with Crippen LogP contribution in [0.25, 0.3) is 0 Å². The molecule has 24 heavy (non-hydrogen) atoms. The van der Waals surface area contributed by atoms with Gasteiger partial charge in [0.25, 0.3) is 0 Å². The fraction of sp³-hybridized carbons (Fsp3) is 0.750. The lowest BCUT2D eigenvalue weighted by molar-refractivity contribution is -0.272. The number of aliphatic hydroxyl groups is 1. The molecule has 0 radical (unpaired) electrons. The second-order valence-electron chi connectivity index (χ2n) is 6.88. The lowest BCUT2D eigenvalue weighted by Crippen LogP contribution is -2.49. The molecule has 1 N–H and O–H groups in total. The number of hydrogen-bond acceptors (Lipinski definition) is 3. The van der Waals surface area contributed by atoms with Crippen LogP contribution in [0.4, 0.5) is 13.2 Å². The van der Waals surface area contributed by atoms with Gasteiger partial charge in [-0.05, 0) is 25.2 Å². The largest absolute Gasteiger partial charge is 0.425 e. The fourth-order valence-corrected chi connectivity index (χ4v) is 4.11. The van der Waals surface area contributed by atoms with E-state index in [1.807, 2.05) is 0 Å². The molecule has 1 aromatic heterocycles. The molecule has 1 aromatic rings. The summed E-state index contributed by atoms with van der Waals surface area (Å²) in [5, 5.41) is 10.4. The van der Waals surface area contributed by atoms with Crippen LogP contribution in [0.3, 0.4) is 0 Å². The Balaban J connectivity index is 1.83. The summed E-state index contributed by atoms with van der Waals surface area (Å²) in [6, 6.07) is 0.0186. The maximum Gasteiger partial charge on any atom is 0.425 e. The smallest absolute Gasteiger partial charge is 0.374 e. The molecule has 1 aliphatic carbocycles. The molecule has 1 saturated heterocycles. The maximum atomic E-state index is 13.6. The van der Waals surface area contributed by atoms with Gasteiger partial charge in [0.1, 0.15) is 0 Å². The average molecular weight is 345 g/mol. The number of nitrogens with zero attached hydrogens (tertiary/aromatic N) is 3. The quantitative estimate of drug-likeness (QED) is 0.915. The lowest BCUT2D eigenvalue weighted by Gasteiger charge is -2.35. The van der Waals surface area contributed by atoms with Gasteiger partial charge in [-0.1, -0.05) is 12.8 Å². The summed E-state index contributed by atoms with van der Waals surface area (Å²) >= 11 is 0. The number of likely N-dealkylation sites (tertiary alicyclic amines) is 1. The Kier molecular flexibility index (Phi) is 4.36. The number of halogens is 3. The minimum Gasteiger partial charge on any atom is -0.374 e. The number of alkyl halides is 3. The van der Waals surface area contributed by atoms with Crippen molar-refractivity contribution in [1.29, 1.82) is 0 Å². The van der Waals surface area contributed by atoms with Crippen molar-refractivity contribution < 1.29 is 23.1 Å². The second-order valence-corrected chi connectivity index (χ2v) is 6.88. The summed E-state index contributed by atoms with van der Waals surface area (Å²) in [5.74, 6) is -0.815. The van der Waals surface area contributed by atoms with E-state index in [0.717, 1.165) is 36.7 Å². The van der Waals surface area contributed by atoms with E-state index < -0.39 is 29.9 Å². The van der Waals surface area contributed by atoms with E-state index in [-0.39, 0.29) is 6.04 Å². The van der Waals surface area contributed by atoms with Gasteiger partial charge in [-0.2, -0.15) is 13.2 Å². The molecule has 2 heterocycles. The van der Waals surface area contributed by atoms with Crippen molar-refractivity contribution in [3.63, 3.8) is 0 Å². The summed E-state index contributed by atoms with van der Waals surface area (Å²) in [6.07, 6.45) is 1.31. The second kappa shape index (κ2) is 6.06. The van der Waals surface area contributed by atoms with Crippen molar-refractivity contribution in [3.05, 3.63) is 18.2 Å². The summed E-state index contributed by atoms with van der Waals surface area (Å²) in [7, 11) is 1.37. The molecule has 3 atom stereocenters. The third kappa shape index (κ3) is 2.81. The first-order valence-electron chi connectivity index (χ1n) is 8.30. The number of aryl methyl sites for hydroxylation is 1. The third-order valence-electron chi connectivity index (χ3n) is 5.40. The summed E-state index contributed by atoms with van der Waals surface area (Å²) in [5.41, 5.74) is -3.27. The van der Waals surface area contributed by atoms with Crippen molar-refractivity contribution in [2.45, 2.75) is 56.3 Å². The van der Waals surface area contributed by atoms with Crippen LogP contribution in [0.2, 0.25) is 0 Å². The molecule has 2 fully saturated rings. The Hall–Kier alpha value is -1.57. The summed E-state index contributed by atoms with van der Waals surface area (Å²) in [4.78, 5) is 17.8. The van der Waals surface area contributed by atoms with Crippen LogP contribution < -0.4 is 0 Å². The van der Waals surface area contributed by atoms with E-state index in [1.165, 1.54) is 19.4 Å². The van der Waals surface area contributed by atoms with Gasteiger partial charge in [-0.3, -0.25) is 4.79 Å². The topological polar surface area (TPSA) is 58.4 Å². The van der Waals surface area contributed by atoms with Gasteiger partial charge >= 0.3 is 6.18 Å². The number of fused-ring (bicyclic) bond motifs is 1. The molecule has 0 spiro atoms. The molecular weight excluding hydrogens is 323 g/mol. The van der Waals surface area contributed by atoms with Crippen molar-refractivity contribution in [3.8, 4) is 0 Å². The summed E-state index contributed by atoms with van der Waals surface area (Å²) in [6.45, 7) is 0.475. The van der Waals surface area contributed by atoms with E-state index >= 15 is 0 Å². The minimum absolute atomic E-state index is 0.0186. The molecule has 2 aliphatic rings. The zero-order valence-corrected chi connectivity index (χ0v) is 13.6. The molecule has 5 nitrogen and oxygen atoms in total. The van der Waals surface area contributed by atoms with Gasteiger partial charge in [0, 0.05) is 32.0 Å². The highest BCUT2D eigenvalue weighted by atomic mass is 19.4. The van der Waals surface area contributed by atoms with Crippen LogP contribution in [0.5, 0.6) is 0 Å². The van der Waals surface area contributed by atoms with Gasteiger partial charge < -0.3 is 14.6 Å². The molecule has 0 bridgehead atoms. The van der Waals surface area contributed by atoms with Gasteiger partial charge in [-0.25, -0.2) is 4.98 Å². The normalized spacial score (nSPS) is 27.0. The van der Waals surface area contributed by atoms with E-state index in [0.29, 0.717) is 12.5 Å². The van der Waals surface area contributed by atoms with E-state index in [2.05, 4.69) is 4.98 Å². The monoisotopic (exact) mass is 345 g/mol. The van der Waals surface area contributed by atoms with Gasteiger partial charge in [0.2, 0.25) is 11.5 Å². The number of amides is 1. The standard InChI is InChI=1S/C16H22F3N3O2/c1-21-9-7-20-14(21)15(24,16(17,18)19)10-13(23)22-8-6-11-4-2-3-5-12(11)22/h7,9,11-12,24H,2-6,8,10H2,1H3. The van der Waals surface area contributed by atoms with Crippen LogP contribution >= 0.6 is 0 Å². The number of carbonyl (C=O) groups is 1. The molecule has 0 aromatic carbocycles. The van der Waals surface area contributed by atoms with Crippen LogP contribution in [0, 0.1) is 5.92 Å². The Labute approximate surface area is 138 Å². The highest BCUT2D eigenvalue weighted by molar-refractivity contribution is 5.78. The minimum atomic E-state index is -4.98. The predicted molar refractivity (Wildman–Crippen MR) is 79.9 cm³/mol. The summed E-state index contributed by atoms with van der Waals surface area (Å²) < 4.78 is 41.8. The maximum absolute atomic E-state index is 13.6. The van der Waals surface area contributed by atoms with Crippen LogP contribution in [0.15, 0.2) is 12.4 Å². The fourth-order valence-electron chi connectivity index (χ4n) is 4.11. The third-order valence-corrected chi connectivity index (χ3v) is 5.40. The van der Waals surface area contributed by atoms with E-state index in [4.69, 9.17) is 0 Å². The van der Waals surface area contributed by atoms with Crippen molar-refractivity contribution in [1.82, 2.24) is 14.5 Å². The molecule has 1 saturated carbocycles. The molecule has 3 unspecified atom stereocenters. The molecular formula is C16H22F3N3O2. The molecule has 1 amide bonds. The number of rotatable bonds is 3. The SMILES string of the molecule is Cn1ccnc1C(O)(CC(=O)N1CCC2CCCCC21)C(F)(F)F. The first-order chi connectivity index (χ1) is 11.2. The van der Waals surface area contributed by atoms with Crippen molar-refractivity contribution in [2.75, 3.05) is 6.54 Å². The average Bonchev–Trinajstić information content (AvgIpc) is 3.12. The van der Waals surface area contributed by atoms with Crippen LogP contribution in [-0.4, -0.2) is 44.2 Å². The Morgan fingerprint density at radius 2 is 2.04 bits per heavy atom. The zero-order valence-electron chi connectivity index (χ0n) is 13.6. The molecule has 1 aliphatic heterocycles. The van der Waals surface area contributed by atoms with Crippen molar-refractivity contribution in [2.24, 2.45) is 13.0 Å². The Morgan fingerprint density at radius 1 is 1.33 bits per heavy atom. The number of aromatic nitrogens is 2. The van der Waals surface area contributed by atoms with Gasteiger partial charge in [0.05, 0.1) is 6.42 Å². The highest BCUT2D eigenvalue weighted by Crippen LogP contribution is 2.43. The first-order valence-corrected chi connectivity index (χ1v) is 8.30. The Bertz CT molecular complexity index is 616. The molecule has 8 heteroatoms. The first kappa shape index (κ1) is 17.3. The van der Waals surface area contributed by atoms with Crippen LogP contribution in [0.1, 0.15) is 44.3 Å². The molecule has 3 rings (SSSR count). The predicted octanol–water partition coefficient (Wildman–Crippen LogP) is 2.35. The van der Waals surface area contributed by atoms with Gasteiger partial charge in [0.15, 0.2) is 5.82 Å². The highest BCUT2D eigenvalue weighted by Gasteiger charge is 2.59. The number of imidazole rings is 1. The Morgan fingerprint density at radius 3 is 2.67 bits per heavy atom. The zero-order chi connectivity index (χ0) is 17.5. The van der Waals surface area contributed by atoms with Crippen molar-refractivity contribution >= 4 is 5.91 Å². The van der Waals surface area contributed by atoms with Crippen LogP contribution in [-0.2, 0) is 17.4 Å². The number of carbonyl (C=O) groups excluding carboxylic acids is 1. The molecule has 134 valence electrons. The number of hydrogen-bond donors (Lipinski definition) is 1. The van der Waals surface area contributed by atoms with E-state index in [9.17, 15) is 23.1 Å². The van der Waals surface area contributed by atoms with Gasteiger partial charge in [-0.15, -0.1) is 0 Å².